The second-order valence-electron chi connectivity index (χ2n) is 4.60. The molecule has 2 rings (SSSR count). The SMILES string of the molecule is CCSc1cccc(-n2nc(C)c(C)c2C)c1CN. The van der Waals surface area contributed by atoms with Crippen molar-refractivity contribution in [2.45, 2.75) is 39.1 Å². The Hall–Kier alpha value is -1.26. The fourth-order valence-electron chi connectivity index (χ4n) is 2.20. The third kappa shape index (κ3) is 2.55. The lowest BCUT2D eigenvalue weighted by Gasteiger charge is -2.14. The highest BCUT2D eigenvalue weighted by molar-refractivity contribution is 7.99. The summed E-state index contributed by atoms with van der Waals surface area (Å²) in [6.45, 7) is 8.96. The van der Waals surface area contributed by atoms with Crippen LogP contribution in [0.15, 0.2) is 23.1 Å². The van der Waals surface area contributed by atoms with Gasteiger partial charge < -0.3 is 5.73 Å². The topological polar surface area (TPSA) is 43.8 Å². The van der Waals surface area contributed by atoms with Crippen molar-refractivity contribution in [2.24, 2.45) is 5.73 Å². The first-order valence-corrected chi connectivity index (χ1v) is 7.56. The Kier molecular flexibility index (Phi) is 4.32. The molecule has 102 valence electrons. The van der Waals surface area contributed by atoms with E-state index in [-0.39, 0.29) is 0 Å². The predicted octanol–water partition coefficient (Wildman–Crippen LogP) is 3.37. The molecule has 0 aliphatic rings. The van der Waals surface area contributed by atoms with E-state index in [1.165, 1.54) is 21.7 Å². The van der Waals surface area contributed by atoms with Crippen LogP contribution in [0.3, 0.4) is 0 Å². The summed E-state index contributed by atoms with van der Waals surface area (Å²) in [4.78, 5) is 1.26. The minimum atomic E-state index is 0.538. The fourth-order valence-corrected chi connectivity index (χ4v) is 3.05. The molecule has 0 aliphatic heterocycles. The Bertz CT molecular complexity index is 587. The maximum Gasteiger partial charge on any atom is 0.0704 e. The van der Waals surface area contributed by atoms with Gasteiger partial charge in [0.05, 0.1) is 11.4 Å². The van der Waals surface area contributed by atoms with Crippen LogP contribution in [0, 0.1) is 20.8 Å². The number of aromatic nitrogens is 2. The van der Waals surface area contributed by atoms with Gasteiger partial charge in [-0.3, -0.25) is 0 Å². The van der Waals surface area contributed by atoms with Crippen LogP contribution in [-0.2, 0) is 6.54 Å². The maximum atomic E-state index is 5.96. The van der Waals surface area contributed by atoms with E-state index in [1.807, 2.05) is 23.4 Å². The van der Waals surface area contributed by atoms with Crippen LogP contribution < -0.4 is 5.73 Å². The van der Waals surface area contributed by atoms with Crippen LogP contribution in [0.4, 0.5) is 0 Å². The zero-order valence-corrected chi connectivity index (χ0v) is 12.8. The van der Waals surface area contributed by atoms with E-state index in [4.69, 9.17) is 5.73 Å². The molecule has 19 heavy (non-hydrogen) atoms. The van der Waals surface area contributed by atoms with Gasteiger partial charge in [-0.25, -0.2) is 4.68 Å². The smallest absolute Gasteiger partial charge is 0.0704 e. The standard InChI is InChI=1S/C15H21N3S/c1-5-19-15-8-6-7-14(13(15)9-16)18-12(4)10(2)11(3)17-18/h6-8H,5,9,16H2,1-4H3. The number of thioether (sulfide) groups is 1. The zero-order chi connectivity index (χ0) is 14.0. The van der Waals surface area contributed by atoms with E-state index < -0.39 is 0 Å². The molecule has 0 radical (unpaired) electrons. The molecular formula is C15H21N3S. The summed E-state index contributed by atoms with van der Waals surface area (Å²) in [5, 5.41) is 4.64. The number of rotatable bonds is 4. The molecule has 1 aromatic heterocycles. The molecule has 0 aliphatic carbocycles. The van der Waals surface area contributed by atoms with Crippen molar-refractivity contribution in [3.63, 3.8) is 0 Å². The first-order valence-electron chi connectivity index (χ1n) is 6.58. The fraction of sp³-hybridized carbons (Fsp3) is 0.400. The molecular weight excluding hydrogens is 254 g/mol. The summed E-state index contributed by atoms with van der Waals surface area (Å²) in [7, 11) is 0. The van der Waals surface area contributed by atoms with E-state index in [1.54, 1.807) is 0 Å². The summed E-state index contributed by atoms with van der Waals surface area (Å²) in [6.07, 6.45) is 0. The van der Waals surface area contributed by atoms with Crippen LogP contribution >= 0.6 is 11.8 Å². The Balaban J connectivity index is 2.61. The third-order valence-corrected chi connectivity index (χ3v) is 4.48. The van der Waals surface area contributed by atoms with Crippen LogP contribution in [0.1, 0.15) is 29.4 Å². The van der Waals surface area contributed by atoms with Gasteiger partial charge in [0.15, 0.2) is 0 Å². The molecule has 0 fully saturated rings. The summed E-state index contributed by atoms with van der Waals surface area (Å²) in [5.41, 5.74) is 11.8. The first-order chi connectivity index (χ1) is 9.10. The maximum absolute atomic E-state index is 5.96. The Morgan fingerprint density at radius 2 is 2.00 bits per heavy atom. The van der Waals surface area contributed by atoms with Crippen molar-refractivity contribution in [3.8, 4) is 5.69 Å². The molecule has 2 N–H and O–H groups in total. The van der Waals surface area contributed by atoms with Crippen LogP contribution in [0.25, 0.3) is 5.69 Å². The highest BCUT2D eigenvalue weighted by atomic mass is 32.2. The lowest BCUT2D eigenvalue weighted by molar-refractivity contribution is 0.810. The van der Waals surface area contributed by atoms with Crippen molar-refractivity contribution in [2.75, 3.05) is 5.75 Å². The largest absolute Gasteiger partial charge is 0.326 e. The number of nitrogens with two attached hydrogens (primary N) is 1. The van der Waals surface area contributed by atoms with Crippen molar-refractivity contribution < 1.29 is 0 Å². The molecule has 0 unspecified atom stereocenters. The summed E-state index contributed by atoms with van der Waals surface area (Å²) in [5.74, 6) is 1.05. The molecule has 0 saturated heterocycles. The van der Waals surface area contributed by atoms with E-state index in [0.717, 1.165) is 17.1 Å². The lowest BCUT2D eigenvalue weighted by atomic mass is 10.1. The minimum Gasteiger partial charge on any atom is -0.326 e. The number of hydrogen-bond acceptors (Lipinski definition) is 3. The van der Waals surface area contributed by atoms with Gasteiger partial charge in [-0.1, -0.05) is 13.0 Å². The van der Waals surface area contributed by atoms with E-state index >= 15 is 0 Å². The molecule has 3 nitrogen and oxygen atoms in total. The minimum absolute atomic E-state index is 0.538. The Labute approximate surface area is 119 Å². The van der Waals surface area contributed by atoms with Crippen molar-refractivity contribution in [3.05, 3.63) is 40.7 Å². The van der Waals surface area contributed by atoms with Gasteiger partial charge in [-0.2, -0.15) is 5.10 Å². The lowest BCUT2D eigenvalue weighted by Crippen LogP contribution is -2.08. The molecule has 0 amide bonds. The van der Waals surface area contributed by atoms with Gasteiger partial charge >= 0.3 is 0 Å². The summed E-state index contributed by atoms with van der Waals surface area (Å²) < 4.78 is 2.02. The summed E-state index contributed by atoms with van der Waals surface area (Å²) >= 11 is 1.83. The molecule has 1 heterocycles. The quantitative estimate of drug-likeness (QED) is 0.870. The predicted molar refractivity (Wildman–Crippen MR) is 82.1 cm³/mol. The number of nitrogens with zero attached hydrogens (tertiary/aromatic N) is 2. The van der Waals surface area contributed by atoms with Gasteiger partial charge in [-0.05, 0) is 44.2 Å². The van der Waals surface area contributed by atoms with Crippen LogP contribution in [0.5, 0.6) is 0 Å². The summed E-state index contributed by atoms with van der Waals surface area (Å²) in [6, 6.07) is 6.32. The van der Waals surface area contributed by atoms with E-state index in [2.05, 4.69) is 44.1 Å². The van der Waals surface area contributed by atoms with Crippen molar-refractivity contribution >= 4 is 11.8 Å². The molecule has 0 atom stereocenters. The Morgan fingerprint density at radius 3 is 2.53 bits per heavy atom. The first kappa shape index (κ1) is 14.2. The molecule has 4 heteroatoms. The highest BCUT2D eigenvalue weighted by Gasteiger charge is 2.14. The average molecular weight is 275 g/mol. The van der Waals surface area contributed by atoms with Crippen LogP contribution in [0.2, 0.25) is 0 Å². The second kappa shape index (κ2) is 5.80. The van der Waals surface area contributed by atoms with E-state index in [9.17, 15) is 0 Å². The van der Waals surface area contributed by atoms with Gasteiger partial charge in [0, 0.05) is 22.7 Å². The normalized spacial score (nSPS) is 11.0. The zero-order valence-electron chi connectivity index (χ0n) is 12.0. The number of hydrogen-bond donors (Lipinski definition) is 1. The molecule has 2 aromatic rings. The molecule has 0 spiro atoms. The monoisotopic (exact) mass is 275 g/mol. The second-order valence-corrected chi connectivity index (χ2v) is 5.90. The van der Waals surface area contributed by atoms with Gasteiger partial charge in [0.25, 0.3) is 0 Å². The van der Waals surface area contributed by atoms with Gasteiger partial charge in [0.1, 0.15) is 0 Å². The van der Waals surface area contributed by atoms with Crippen LogP contribution in [-0.4, -0.2) is 15.5 Å². The van der Waals surface area contributed by atoms with Crippen molar-refractivity contribution in [1.29, 1.82) is 0 Å². The Morgan fingerprint density at radius 1 is 1.26 bits per heavy atom. The average Bonchev–Trinajstić information content (AvgIpc) is 2.66. The highest BCUT2D eigenvalue weighted by Crippen LogP contribution is 2.28. The number of benzene rings is 1. The van der Waals surface area contributed by atoms with Crippen molar-refractivity contribution in [1.82, 2.24) is 9.78 Å². The molecule has 0 saturated carbocycles. The third-order valence-electron chi connectivity index (χ3n) is 3.49. The van der Waals surface area contributed by atoms with Gasteiger partial charge in [0.2, 0.25) is 0 Å². The number of aryl methyl sites for hydroxylation is 1. The molecule has 0 bridgehead atoms. The van der Waals surface area contributed by atoms with E-state index in [0.29, 0.717) is 6.54 Å². The van der Waals surface area contributed by atoms with Gasteiger partial charge in [-0.15, -0.1) is 11.8 Å². The molecule has 1 aromatic carbocycles.